The van der Waals surface area contributed by atoms with Gasteiger partial charge in [0, 0.05) is 6.21 Å². The average Bonchev–Trinajstić information content (AvgIpc) is 2.46. The van der Waals surface area contributed by atoms with Crippen LogP contribution < -0.4 is 4.74 Å². The zero-order valence-corrected chi connectivity index (χ0v) is 12.7. The van der Waals surface area contributed by atoms with Gasteiger partial charge >= 0.3 is 0 Å². The first-order chi connectivity index (χ1) is 8.81. The Labute approximate surface area is 129 Å². The Hall–Kier alpha value is -1.87. The number of hydrogen-bond donors (Lipinski definition) is 0. The van der Waals surface area contributed by atoms with Crippen molar-refractivity contribution in [1.82, 2.24) is 0 Å². The van der Waals surface area contributed by atoms with Crippen LogP contribution in [0.15, 0.2) is 53.5 Å². The van der Waals surface area contributed by atoms with Crippen LogP contribution in [0.5, 0.6) is 5.75 Å². The molecule has 2 aromatic rings. The number of nitriles is 1. The number of hydrogen-bond acceptors (Lipinski definition) is 3. The first-order valence-corrected chi connectivity index (χ1v) is 5.50. The second-order valence-corrected chi connectivity index (χ2v) is 3.69. The van der Waals surface area contributed by atoms with Crippen molar-refractivity contribution in [2.24, 2.45) is 4.99 Å². The lowest BCUT2D eigenvalue weighted by molar-refractivity contribution is 0.415. The minimum Gasteiger partial charge on any atom is -0.497 e. The molecular formula is C15H13IN2O. The van der Waals surface area contributed by atoms with E-state index >= 15 is 0 Å². The van der Waals surface area contributed by atoms with Crippen molar-refractivity contribution in [3.05, 3.63) is 59.7 Å². The van der Waals surface area contributed by atoms with Gasteiger partial charge in [0.05, 0.1) is 24.4 Å². The Morgan fingerprint density at radius 2 is 1.68 bits per heavy atom. The van der Waals surface area contributed by atoms with Crippen molar-refractivity contribution in [3.63, 3.8) is 0 Å². The van der Waals surface area contributed by atoms with Crippen LogP contribution in [-0.2, 0) is 0 Å². The van der Waals surface area contributed by atoms with E-state index in [0.29, 0.717) is 5.56 Å². The van der Waals surface area contributed by atoms with E-state index < -0.39 is 0 Å². The number of benzene rings is 2. The van der Waals surface area contributed by atoms with E-state index in [4.69, 9.17) is 10.00 Å². The van der Waals surface area contributed by atoms with Gasteiger partial charge < -0.3 is 4.74 Å². The van der Waals surface area contributed by atoms with Gasteiger partial charge in [-0.2, -0.15) is 5.26 Å². The molecule has 19 heavy (non-hydrogen) atoms. The molecule has 0 heterocycles. The molecule has 0 aliphatic heterocycles. The Morgan fingerprint density at radius 3 is 2.21 bits per heavy atom. The summed E-state index contributed by atoms with van der Waals surface area (Å²) in [5.74, 6) is 0.825. The molecule has 0 unspecified atom stereocenters. The second kappa shape index (κ2) is 7.54. The van der Waals surface area contributed by atoms with E-state index in [-0.39, 0.29) is 24.0 Å². The molecule has 0 radical (unpaired) electrons. The van der Waals surface area contributed by atoms with E-state index in [2.05, 4.69) is 11.1 Å². The van der Waals surface area contributed by atoms with Crippen LogP contribution in [0.3, 0.4) is 0 Å². The molecule has 0 saturated carbocycles. The van der Waals surface area contributed by atoms with Crippen molar-refractivity contribution in [1.29, 1.82) is 5.26 Å². The molecule has 2 rings (SSSR count). The SMILES string of the molecule is COc1ccc(C=Nc2ccc(C#N)cc2)cc1.I. The number of methoxy groups -OCH3 is 1. The average molecular weight is 364 g/mol. The fourth-order valence-electron chi connectivity index (χ4n) is 1.46. The maximum absolute atomic E-state index is 8.69. The summed E-state index contributed by atoms with van der Waals surface area (Å²) in [6.45, 7) is 0. The Kier molecular flexibility index (Phi) is 6.03. The quantitative estimate of drug-likeness (QED) is 0.612. The Morgan fingerprint density at radius 1 is 1.05 bits per heavy atom. The number of rotatable bonds is 3. The summed E-state index contributed by atoms with van der Waals surface area (Å²) in [6.07, 6.45) is 1.78. The fourth-order valence-corrected chi connectivity index (χ4v) is 1.46. The molecule has 0 bridgehead atoms. The van der Waals surface area contributed by atoms with Crippen molar-refractivity contribution in [2.75, 3.05) is 7.11 Å². The van der Waals surface area contributed by atoms with Crippen molar-refractivity contribution in [2.45, 2.75) is 0 Å². The highest BCUT2D eigenvalue weighted by molar-refractivity contribution is 14.0. The van der Waals surface area contributed by atoms with Crippen LogP contribution in [-0.4, -0.2) is 13.3 Å². The lowest BCUT2D eigenvalue weighted by atomic mass is 10.2. The highest BCUT2D eigenvalue weighted by atomic mass is 127. The molecule has 0 aromatic heterocycles. The van der Waals surface area contributed by atoms with Gasteiger partial charge in [-0.25, -0.2) is 0 Å². The zero-order valence-electron chi connectivity index (χ0n) is 10.4. The molecule has 0 spiro atoms. The molecule has 0 saturated heterocycles. The molecule has 0 amide bonds. The number of halogens is 1. The van der Waals surface area contributed by atoms with Gasteiger partial charge in [-0.1, -0.05) is 0 Å². The van der Waals surface area contributed by atoms with E-state index in [1.54, 1.807) is 25.5 Å². The van der Waals surface area contributed by atoms with Crippen LogP contribution in [0.1, 0.15) is 11.1 Å². The van der Waals surface area contributed by atoms with E-state index in [0.717, 1.165) is 17.0 Å². The Bertz CT molecular complexity index is 583. The number of nitrogens with zero attached hydrogens (tertiary/aromatic N) is 2. The molecule has 0 aliphatic carbocycles. The summed E-state index contributed by atoms with van der Waals surface area (Å²) in [5.41, 5.74) is 2.46. The van der Waals surface area contributed by atoms with Crippen LogP contribution >= 0.6 is 24.0 Å². The van der Waals surface area contributed by atoms with Gasteiger partial charge in [0.1, 0.15) is 5.75 Å². The standard InChI is InChI=1S/C15H12N2O.HI/c1-18-15-8-4-13(5-9-15)11-17-14-6-2-12(10-16)3-7-14;/h2-9,11H,1H3;1H. The fraction of sp³-hybridized carbons (Fsp3) is 0.0667. The van der Waals surface area contributed by atoms with E-state index in [1.165, 1.54) is 0 Å². The molecule has 0 atom stereocenters. The molecule has 4 heteroatoms. The van der Waals surface area contributed by atoms with Crippen LogP contribution in [0.25, 0.3) is 0 Å². The third-order valence-electron chi connectivity index (χ3n) is 2.47. The summed E-state index contributed by atoms with van der Waals surface area (Å²) in [4.78, 5) is 4.33. The molecule has 2 aromatic carbocycles. The third kappa shape index (κ3) is 4.38. The Balaban J connectivity index is 0.00000180. The third-order valence-corrected chi connectivity index (χ3v) is 2.47. The van der Waals surface area contributed by atoms with Crippen molar-refractivity contribution >= 4 is 35.9 Å². The highest BCUT2D eigenvalue weighted by Gasteiger charge is 1.92. The molecule has 0 aliphatic rings. The number of aliphatic imine (C=N–C) groups is 1. The largest absolute Gasteiger partial charge is 0.497 e. The zero-order chi connectivity index (χ0) is 12.8. The maximum Gasteiger partial charge on any atom is 0.118 e. The van der Waals surface area contributed by atoms with E-state index in [1.807, 2.05) is 36.4 Å². The van der Waals surface area contributed by atoms with Gasteiger partial charge in [-0.3, -0.25) is 4.99 Å². The summed E-state index contributed by atoms with van der Waals surface area (Å²) in [7, 11) is 1.64. The predicted octanol–water partition coefficient (Wildman–Crippen LogP) is 3.94. The minimum absolute atomic E-state index is 0. The van der Waals surface area contributed by atoms with Crippen LogP contribution in [0.2, 0.25) is 0 Å². The van der Waals surface area contributed by atoms with Gasteiger partial charge in [0.2, 0.25) is 0 Å². The summed E-state index contributed by atoms with van der Waals surface area (Å²) in [6, 6.07) is 16.9. The number of ether oxygens (including phenoxy) is 1. The molecule has 0 N–H and O–H groups in total. The minimum atomic E-state index is 0. The first kappa shape index (κ1) is 15.2. The van der Waals surface area contributed by atoms with Crippen molar-refractivity contribution < 1.29 is 4.74 Å². The summed E-state index contributed by atoms with van der Waals surface area (Å²) >= 11 is 0. The second-order valence-electron chi connectivity index (χ2n) is 3.69. The lowest BCUT2D eigenvalue weighted by Gasteiger charge is -1.99. The van der Waals surface area contributed by atoms with Gasteiger partial charge in [0.15, 0.2) is 0 Å². The lowest BCUT2D eigenvalue weighted by Crippen LogP contribution is -1.84. The predicted molar refractivity (Wildman–Crippen MR) is 86.8 cm³/mol. The molecular weight excluding hydrogens is 351 g/mol. The maximum atomic E-state index is 8.69. The smallest absolute Gasteiger partial charge is 0.118 e. The van der Waals surface area contributed by atoms with E-state index in [9.17, 15) is 0 Å². The molecule has 96 valence electrons. The molecule has 3 nitrogen and oxygen atoms in total. The molecule has 0 fully saturated rings. The monoisotopic (exact) mass is 364 g/mol. The summed E-state index contributed by atoms with van der Waals surface area (Å²) < 4.78 is 5.08. The van der Waals surface area contributed by atoms with Crippen LogP contribution in [0, 0.1) is 11.3 Å². The first-order valence-electron chi connectivity index (χ1n) is 5.50. The van der Waals surface area contributed by atoms with Gasteiger partial charge in [-0.15, -0.1) is 24.0 Å². The van der Waals surface area contributed by atoms with Crippen molar-refractivity contribution in [3.8, 4) is 11.8 Å². The summed E-state index contributed by atoms with van der Waals surface area (Å²) in [5, 5.41) is 8.69. The van der Waals surface area contributed by atoms with Gasteiger partial charge in [-0.05, 0) is 54.1 Å². The van der Waals surface area contributed by atoms with Crippen LogP contribution in [0.4, 0.5) is 5.69 Å². The normalized spacial score (nSPS) is 9.68. The topological polar surface area (TPSA) is 45.4 Å². The van der Waals surface area contributed by atoms with Gasteiger partial charge in [0.25, 0.3) is 0 Å². The highest BCUT2D eigenvalue weighted by Crippen LogP contribution is 2.14.